The Morgan fingerprint density at radius 1 is 0.614 bits per heavy atom. The van der Waals surface area contributed by atoms with Crippen LogP contribution in [0.15, 0.2) is 54.8 Å². The average Bonchev–Trinajstić information content (AvgIpc) is 2.92. The zero-order valence-electron chi connectivity index (χ0n) is 24.7. The third kappa shape index (κ3) is 6.60. The van der Waals surface area contributed by atoms with Gasteiger partial charge in [0.25, 0.3) is 0 Å². The Labute approximate surface area is 249 Å². The van der Waals surface area contributed by atoms with Crippen LogP contribution in [0.5, 0.6) is 0 Å². The monoisotopic (exact) mass is 608 g/mol. The second-order valence-corrected chi connectivity index (χ2v) is 12.0. The molecule has 0 atom stereocenters. The van der Waals surface area contributed by atoms with Crippen LogP contribution in [0.4, 0.5) is 16.2 Å². The van der Waals surface area contributed by atoms with E-state index in [1.54, 1.807) is 24.3 Å². The number of hydrogen-bond donors (Lipinski definition) is 8. The van der Waals surface area contributed by atoms with Crippen molar-refractivity contribution in [3.63, 3.8) is 0 Å². The molecule has 0 saturated heterocycles. The quantitative estimate of drug-likeness (QED) is 0.148. The predicted octanol–water partition coefficient (Wildman–Crippen LogP) is 3.39. The Morgan fingerprint density at radius 2 is 0.977 bits per heavy atom. The molecule has 4 rings (SSSR count). The van der Waals surface area contributed by atoms with Crippen LogP contribution in [0.2, 0.25) is 0 Å². The molecular weight excluding hydrogens is 576 g/mol. The maximum atomic E-state index is 13.5. The summed E-state index contributed by atoms with van der Waals surface area (Å²) in [5, 5.41) is 23.1. The first-order chi connectivity index (χ1) is 20.5. The molecule has 4 amide bonds. The van der Waals surface area contributed by atoms with E-state index in [0.717, 1.165) is 12.1 Å². The van der Waals surface area contributed by atoms with Crippen LogP contribution in [-0.2, 0) is 10.8 Å². The highest BCUT2D eigenvalue weighted by molar-refractivity contribution is 6.08. The lowest BCUT2D eigenvalue weighted by Gasteiger charge is -2.22. The van der Waals surface area contributed by atoms with Crippen molar-refractivity contribution in [1.82, 2.24) is 22.0 Å². The standard InChI is InChI=1S/C29H32N6O9/c1-28(2,3)13-7-15-19(36)11-21(25(38)32-34-41)43-23(15)17(9-13)30-27(40)31-18-10-14(29(4,5)6)8-16-20(37)12-22(44-24(16)18)26(39)33-35-42/h7-12,34-35,41-42H,1-6H3,(H,32,38)(H,33,39)(H2,30,31,40). The molecule has 0 spiro atoms. The smallest absolute Gasteiger partial charge is 0.323 e. The second kappa shape index (κ2) is 11.9. The van der Waals surface area contributed by atoms with Gasteiger partial charge in [0.05, 0.1) is 22.1 Å². The molecule has 0 aliphatic carbocycles. The van der Waals surface area contributed by atoms with Crippen LogP contribution in [0.25, 0.3) is 21.9 Å². The highest BCUT2D eigenvalue weighted by atomic mass is 16.5. The van der Waals surface area contributed by atoms with Gasteiger partial charge >= 0.3 is 17.8 Å². The van der Waals surface area contributed by atoms with Crippen LogP contribution in [0.3, 0.4) is 0 Å². The maximum Gasteiger partial charge on any atom is 0.323 e. The number of fused-ring (bicyclic) bond motifs is 2. The van der Waals surface area contributed by atoms with Gasteiger partial charge in [-0.25, -0.2) is 4.79 Å². The summed E-state index contributed by atoms with van der Waals surface area (Å²) in [6.07, 6.45) is 0. The molecule has 2 aromatic heterocycles. The number of urea groups is 1. The summed E-state index contributed by atoms with van der Waals surface area (Å²) in [7, 11) is 0. The fraction of sp³-hybridized carbons (Fsp3) is 0.276. The third-order valence-corrected chi connectivity index (χ3v) is 6.67. The number of carbonyl (C=O) groups is 3. The van der Waals surface area contributed by atoms with E-state index in [2.05, 4.69) is 10.6 Å². The molecule has 232 valence electrons. The summed E-state index contributed by atoms with van der Waals surface area (Å²) in [4.78, 5) is 64.1. The van der Waals surface area contributed by atoms with Crippen LogP contribution >= 0.6 is 0 Å². The lowest BCUT2D eigenvalue weighted by Crippen LogP contribution is -2.35. The van der Waals surface area contributed by atoms with Crippen LogP contribution < -0.4 is 43.5 Å². The molecule has 0 unspecified atom stereocenters. The molecule has 4 aromatic rings. The van der Waals surface area contributed by atoms with Gasteiger partial charge in [-0.15, -0.1) is 11.2 Å². The van der Waals surface area contributed by atoms with Gasteiger partial charge in [-0.1, -0.05) is 41.5 Å². The molecule has 8 N–H and O–H groups in total. The zero-order chi connectivity index (χ0) is 32.6. The van der Waals surface area contributed by atoms with Crippen LogP contribution in [-0.4, -0.2) is 28.3 Å². The summed E-state index contributed by atoms with van der Waals surface area (Å²) < 4.78 is 11.4. The molecule has 44 heavy (non-hydrogen) atoms. The topological polar surface area (TPSA) is 224 Å². The molecule has 2 heterocycles. The minimum Gasteiger partial charge on any atom is -0.448 e. The Hall–Kier alpha value is -5.09. The highest BCUT2D eigenvalue weighted by Crippen LogP contribution is 2.33. The average molecular weight is 609 g/mol. The normalized spacial score (nSPS) is 11.8. The minimum absolute atomic E-state index is 0.0421. The first-order valence-corrected chi connectivity index (χ1v) is 13.2. The largest absolute Gasteiger partial charge is 0.448 e. The number of benzene rings is 2. The molecule has 15 heteroatoms. The van der Waals surface area contributed by atoms with E-state index in [1.807, 2.05) is 52.4 Å². The number of hydrogen-bond acceptors (Lipinski definition) is 11. The van der Waals surface area contributed by atoms with E-state index in [0.29, 0.717) is 11.1 Å². The maximum absolute atomic E-state index is 13.5. The molecule has 15 nitrogen and oxygen atoms in total. The van der Waals surface area contributed by atoms with E-state index in [-0.39, 0.29) is 33.3 Å². The number of carbonyl (C=O) groups excluding carboxylic acids is 3. The van der Waals surface area contributed by atoms with Gasteiger partial charge in [-0.3, -0.25) is 40.4 Å². The van der Waals surface area contributed by atoms with E-state index in [4.69, 9.17) is 19.2 Å². The van der Waals surface area contributed by atoms with Gasteiger partial charge in [0.1, 0.15) is 0 Å². The Morgan fingerprint density at radius 3 is 1.30 bits per heavy atom. The van der Waals surface area contributed by atoms with Crippen molar-refractivity contribution in [3.05, 3.63) is 79.5 Å². The summed E-state index contributed by atoms with van der Waals surface area (Å²) in [5.41, 5.74) is 5.86. The fourth-order valence-corrected chi connectivity index (χ4v) is 4.29. The molecule has 0 aliphatic rings. The van der Waals surface area contributed by atoms with Gasteiger partial charge in [0, 0.05) is 12.1 Å². The highest BCUT2D eigenvalue weighted by Gasteiger charge is 2.24. The third-order valence-electron chi connectivity index (χ3n) is 6.67. The zero-order valence-corrected chi connectivity index (χ0v) is 24.7. The lowest BCUT2D eigenvalue weighted by molar-refractivity contribution is 0.0696. The van der Waals surface area contributed by atoms with E-state index < -0.39 is 51.1 Å². The van der Waals surface area contributed by atoms with E-state index in [1.165, 1.54) is 11.2 Å². The first kappa shape index (κ1) is 31.8. The Kier molecular flexibility index (Phi) is 8.60. The number of nitrogens with one attached hydrogen (secondary N) is 6. The summed E-state index contributed by atoms with van der Waals surface area (Å²) in [6, 6.07) is 7.44. The van der Waals surface area contributed by atoms with Crippen molar-refractivity contribution in [1.29, 1.82) is 0 Å². The first-order valence-electron chi connectivity index (χ1n) is 13.2. The molecule has 0 saturated carbocycles. The predicted molar refractivity (Wildman–Crippen MR) is 160 cm³/mol. The SMILES string of the molecule is CC(C)(C)c1cc(NC(=O)Nc2cc(C(C)(C)C)cc3c(=O)cc(C(=O)NNO)oc23)c2oc(C(=O)NNO)cc(=O)c2c1. The van der Waals surface area contributed by atoms with E-state index in [9.17, 15) is 24.0 Å². The minimum atomic E-state index is -0.946. The van der Waals surface area contributed by atoms with Crippen LogP contribution in [0.1, 0.15) is 73.8 Å². The molecule has 2 aromatic carbocycles. The lowest BCUT2D eigenvalue weighted by atomic mass is 9.86. The number of anilines is 2. The van der Waals surface area contributed by atoms with Crippen LogP contribution in [0, 0.1) is 0 Å². The molecule has 0 aliphatic heterocycles. The summed E-state index contributed by atoms with van der Waals surface area (Å²) in [5.74, 6) is -2.77. The van der Waals surface area contributed by atoms with E-state index >= 15 is 0 Å². The van der Waals surface area contributed by atoms with Crippen molar-refractivity contribution >= 4 is 51.2 Å². The van der Waals surface area contributed by atoms with Crippen molar-refractivity contribution < 1.29 is 33.6 Å². The number of amides is 4. The van der Waals surface area contributed by atoms with Gasteiger partial charge in [0.2, 0.25) is 0 Å². The van der Waals surface area contributed by atoms with Crippen molar-refractivity contribution in [3.8, 4) is 0 Å². The molecule has 0 fully saturated rings. The van der Waals surface area contributed by atoms with Crippen molar-refractivity contribution in [2.24, 2.45) is 0 Å². The fourth-order valence-electron chi connectivity index (χ4n) is 4.29. The number of rotatable bonds is 6. The van der Waals surface area contributed by atoms with Crippen molar-refractivity contribution in [2.45, 2.75) is 52.4 Å². The number of hydrazine groups is 2. The van der Waals surface area contributed by atoms with Gasteiger partial charge in [0.15, 0.2) is 33.5 Å². The summed E-state index contributed by atoms with van der Waals surface area (Å²) in [6.45, 7) is 11.4. The molecule has 0 radical (unpaired) electrons. The Bertz CT molecular complexity index is 1780. The van der Waals surface area contributed by atoms with Gasteiger partial charge in [-0.2, -0.15) is 0 Å². The van der Waals surface area contributed by atoms with Crippen molar-refractivity contribution in [2.75, 3.05) is 10.6 Å². The summed E-state index contributed by atoms with van der Waals surface area (Å²) >= 11 is 0. The molecular formula is C29H32N6O9. The molecule has 0 bridgehead atoms. The Balaban J connectivity index is 1.86. The van der Waals surface area contributed by atoms with Gasteiger partial charge in [-0.05, 0) is 46.2 Å². The van der Waals surface area contributed by atoms with Gasteiger partial charge < -0.3 is 19.5 Å². The second-order valence-electron chi connectivity index (χ2n) is 12.0.